The molecular weight excluding hydrogens is 216 g/mol. The van der Waals surface area contributed by atoms with E-state index in [1.54, 1.807) is 13.0 Å². The van der Waals surface area contributed by atoms with E-state index in [1.807, 2.05) is 0 Å². The average molecular weight is 227 g/mol. The molecule has 0 saturated heterocycles. The highest BCUT2D eigenvalue weighted by molar-refractivity contribution is 6.29. The van der Waals surface area contributed by atoms with Gasteiger partial charge in [0.1, 0.15) is 5.15 Å². The smallest absolute Gasteiger partial charge is 0.376 e. The molecule has 1 heterocycles. The van der Waals surface area contributed by atoms with Gasteiger partial charge in [0.2, 0.25) is 5.82 Å². The average Bonchev–Trinajstić information content (AvgIpc) is 3.00. The summed E-state index contributed by atoms with van der Waals surface area (Å²) in [7, 11) is 0. The second-order valence-electron chi connectivity index (χ2n) is 3.43. The normalized spacial score (nSPS) is 15.1. The Bertz CT molecular complexity index is 391. The number of esters is 1. The summed E-state index contributed by atoms with van der Waals surface area (Å²) in [4.78, 5) is 19.4. The summed E-state index contributed by atoms with van der Waals surface area (Å²) in [5.74, 6) is -0.00757. The van der Waals surface area contributed by atoms with E-state index in [9.17, 15) is 4.79 Å². The molecule has 1 aromatic rings. The van der Waals surface area contributed by atoms with Crippen LogP contribution in [0.4, 0.5) is 0 Å². The first-order chi connectivity index (χ1) is 7.20. The fraction of sp³-hybridized carbons (Fsp3) is 0.500. The Morgan fingerprint density at radius 1 is 1.60 bits per heavy atom. The first kappa shape index (κ1) is 10.4. The molecule has 0 amide bonds. The third-order valence-electron chi connectivity index (χ3n) is 2.17. The van der Waals surface area contributed by atoms with Crippen LogP contribution in [0, 0.1) is 0 Å². The van der Waals surface area contributed by atoms with Gasteiger partial charge in [0.25, 0.3) is 0 Å². The van der Waals surface area contributed by atoms with Crippen LogP contribution in [-0.4, -0.2) is 22.5 Å². The van der Waals surface area contributed by atoms with Crippen LogP contribution in [0.15, 0.2) is 6.07 Å². The molecule has 5 heteroatoms. The van der Waals surface area contributed by atoms with Crippen molar-refractivity contribution < 1.29 is 9.53 Å². The molecule has 0 aromatic carbocycles. The molecule has 4 nitrogen and oxygen atoms in total. The van der Waals surface area contributed by atoms with Gasteiger partial charge in [0.15, 0.2) is 0 Å². The summed E-state index contributed by atoms with van der Waals surface area (Å²) in [6, 6.07) is 1.71. The van der Waals surface area contributed by atoms with Gasteiger partial charge in [0.05, 0.1) is 6.61 Å². The lowest BCUT2D eigenvalue weighted by atomic mass is 10.3. The van der Waals surface area contributed by atoms with E-state index >= 15 is 0 Å². The number of halogens is 1. The quantitative estimate of drug-likeness (QED) is 0.586. The molecule has 1 aliphatic carbocycles. The standard InChI is InChI=1S/C10H11ClN2O2/c1-2-15-10(14)9-12-7(6-3-4-6)5-8(11)13-9/h5-6H,2-4H2,1H3. The SMILES string of the molecule is CCOC(=O)c1nc(Cl)cc(C2CC2)n1. The van der Waals surface area contributed by atoms with Gasteiger partial charge in [-0.25, -0.2) is 14.8 Å². The third-order valence-corrected chi connectivity index (χ3v) is 2.36. The Kier molecular flexibility index (Phi) is 2.86. The van der Waals surface area contributed by atoms with Crippen molar-refractivity contribution in [2.45, 2.75) is 25.7 Å². The van der Waals surface area contributed by atoms with Crippen molar-refractivity contribution >= 4 is 17.6 Å². The number of carbonyl (C=O) groups excluding carboxylic acids is 1. The highest BCUT2D eigenvalue weighted by Crippen LogP contribution is 2.39. The lowest BCUT2D eigenvalue weighted by Gasteiger charge is -2.03. The van der Waals surface area contributed by atoms with Crippen LogP contribution in [0.1, 0.15) is 42.0 Å². The van der Waals surface area contributed by atoms with Crippen LogP contribution in [0.5, 0.6) is 0 Å². The van der Waals surface area contributed by atoms with E-state index in [2.05, 4.69) is 9.97 Å². The second-order valence-corrected chi connectivity index (χ2v) is 3.82. The first-order valence-corrected chi connectivity index (χ1v) is 5.30. The van der Waals surface area contributed by atoms with Crippen molar-refractivity contribution in [3.63, 3.8) is 0 Å². The molecular formula is C10H11ClN2O2. The van der Waals surface area contributed by atoms with Gasteiger partial charge in [-0.2, -0.15) is 0 Å². The van der Waals surface area contributed by atoms with Crippen molar-refractivity contribution in [3.8, 4) is 0 Å². The van der Waals surface area contributed by atoms with E-state index in [0.29, 0.717) is 17.7 Å². The zero-order chi connectivity index (χ0) is 10.8. The van der Waals surface area contributed by atoms with Gasteiger partial charge >= 0.3 is 5.97 Å². The molecule has 15 heavy (non-hydrogen) atoms. The van der Waals surface area contributed by atoms with Crippen molar-refractivity contribution in [2.75, 3.05) is 6.61 Å². The first-order valence-electron chi connectivity index (χ1n) is 4.92. The van der Waals surface area contributed by atoms with Crippen LogP contribution in [-0.2, 0) is 4.74 Å². The molecule has 0 atom stereocenters. The minimum absolute atomic E-state index is 0.0613. The molecule has 1 aliphatic rings. The number of nitrogens with zero attached hydrogens (tertiary/aromatic N) is 2. The van der Waals surface area contributed by atoms with Gasteiger partial charge in [-0.1, -0.05) is 11.6 Å². The molecule has 0 unspecified atom stereocenters. The maximum Gasteiger partial charge on any atom is 0.376 e. The number of carbonyl (C=O) groups is 1. The van der Waals surface area contributed by atoms with Gasteiger partial charge in [-0.15, -0.1) is 0 Å². The molecule has 1 saturated carbocycles. The van der Waals surface area contributed by atoms with E-state index in [0.717, 1.165) is 18.5 Å². The van der Waals surface area contributed by atoms with E-state index in [-0.39, 0.29) is 5.82 Å². The summed E-state index contributed by atoms with van der Waals surface area (Å²) in [5, 5.41) is 0.301. The molecule has 0 radical (unpaired) electrons. The molecule has 0 aliphatic heterocycles. The molecule has 1 fully saturated rings. The van der Waals surface area contributed by atoms with E-state index < -0.39 is 5.97 Å². The van der Waals surface area contributed by atoms with Crippen molar-refractivity contribution in [1.82, 2.24) is 9.97 Å². The number of aromatic nitrogens is 2. The topological polar surface area (TPSA) is 52.1 Å². The minimum Gasteiger partial charge on any atom is -0.460 e. The lowest BCUT2D eigenvalue weighted by Crippen LogP contribution is -2.11. The Balaban J connectivity index is 2.26. The number of ether oxygens (including phenoxy) is 1. The van der Waals surface area contributed by atoms with Gasteiger partial charge < -0.3 is 4.74 Å². The fourth-order valence-corrected chi connectivity index (χ4v) is 1.50. The summed E-state index contributed by atoms with van der Waals surface area (Å²) in [5.41, 5.74) is 0.845. The third kappa shape index (κ3) is 2.45. The highest BCUT2D eigenvalue weighted by atomic mass is 35.5. The summed E-state index contributed by atoms with van der Waals surface area (Å²) in [6.07, 6.45) is 2.21. The zero-order valence-electron chi connectivity index (χ0n) is 8.36. The van der Waals surface area contributed by atoms with Crippen molar-refractivity contribution in [1.29, 1.82) is 0 Å². The molecule has 0 bridgehead atoms. The lowest BCUT2D eigenvalue weighted by molar-refractivity contribution is 0.0511. The predicted molar refractivity (Wildman–Crippen MR) is 55.0 cm³/mol. The van der Waals surface area contributed by atoms with Gasteiger partial charge in [-0.05, 0) is 25.8 Å². The Hall–Kier alpha value is -1.16. The second kappa shape index (κ2) is 4.14. The number of hydrogen-bond acceptors (Lipinski definition) is 4. The van der Waals surface area contributed by atoms with Gasteiger partial charge in [0, 0.05) is 11.6 Å². The predicted octanol–water partition coefficient (Wildman–Crippen LogP) is 2.18. The summed E-state index contributed by atoms with van der Waals surface area (Å²) in [6.45, 7) is 2.05. The van der Waals surface area contributed by atoms with E-state index in [1.165, 1.54) is 0 Å². The maximum absolute atomic E-state index is 11.4. The van der Waals surface area contributed by atoms with Crippen LogP contribution in [0.3, 0.4) is 0 Å². The zero-order valence-corrected chi connectivity index (χ0v) is 9.12. The molecule has 1 aromatic heterocycles. The summed E-state index contributed by atoms with van der Waals surface area (Å²) < 4.78 is 4.82. The van der Waals surface area contributed by atoms with E-state index in [4.69, 9.17) is 16.3 Å². The largest absolute Gasteiger partial charge is 0.460 e. The van der Waals surface area contributed by atoms with Crippen LogP contribution < -0.4 is 0 Å². The van der Waals surface area contributed by atoms with Crippen molar-refractivity contribution in [2.24, 2.45) is 0 Å². The molecule has 2 rings (SSSR count). The summed E-state index contributed by atoms with van der Waals surface area (Å²) >= 11 is 5.81. The van der Waals surface area contributed by atoms with Crippen LogP contribution in [0.2, 0.25) is 5.15 Å². The van der Waals surface area contributed by atoms with Gasteiger partial charge in [-0.3, -0.25) is 0 Å². The molecule has 0 N–H and O–H groups in total. The Morgan fingerprint density at radius 3 is 2.93 bits per heavy atom. The fourth-order valence-electron chi connectivity index (χ4n) is 1.31. The minimum atomic E-state index is -0.512. The van der Waals surface area contributed by atoms with Crippen molar-refractivity contribution in [3.05, 3.63) is 22.7 Å². The molecule has 0 spiro atoms. The van der Waals surface area contributed by atoms with Crippen LogP contribution >= 0.6 is 11.6 Å². The molecule has 80 valence electrons. The van der Waals surface area contributed by atoms with Crippen LogP contribution in [0.25, 0.3) is 0 Å². The number of hydrogen-bond donors (Lipinski definition) is 0. The Labute approximate surface area is 92.6 Å². The highest BCUT2D eigenvalue weighted by Gasteiger charge is 2.27. The monoisotopic (exact) mass is 226 g/mol. The maximum atomic E-state index is 11.4. The Morgan fingerprint density at radius 2 is 2.33 bits per heavy atom. The number of rotatable bonds is 3.